The van der Waals surface area contributed by atoms with Gasteiger partial charge in [-0.05, 0) is 32.8 Å². The van der Waals surface area contributed by atoms with Crippen LogP contribution in [0.5, 0.6) is 0 Å². The number of ether oxygens (including phenoxy) is 1. The summed E-state index contributed by atoms with van der Waals surface area (Å²) in [6, 6.07) is 7.78. The highest BCUT2D eigenvalue weighted by Gasteiger charge is 2.21. The van der Waals surface area contributed by atoms with Gasteiger partial charge in [0.1, 0.15) is 11.7 Å². The van der Waals surface area contributed by atoms with Crippen molar-refractivity contribution in [3.63, 3.8) is 0 Å². The number of aliphatic hydroxyl groups is 2. The molecule has 0 bridgehead atoms. The van der Waals surface area contributed by atoms with Crippen LogP contribution in [0.3, 0.4) is 0 Å². The molecule has 0 spiro atoms. The first kappa shape index (κ1) is 20.7. The van der Waals surface area contributed by atoms with E-state index < -0.39 is 32.0 Å². The Hall–Kier alpha value is -1.37. The van der Waals surface area contributed by atoms with Gasteiger partial charge in [0, 0.05) is 6.54 Å². The molecule has 0 aromatic heterocycles. The number of alkyl carbamates (subject to hydrolysis) is 1. The summed E-state index contributed by atoms with van der Waals surface area (Å²) >= 11 is 0. The Balaban J connectivity index is 2.50. The van der Waals surface area contributed by atoms with Gasteiger partial charge in [0.15, 0.2) is 0 Å². The number of aliphatic hydroxyl groups excluding tert-OH is 2. The Kier molecular flexibility index (Phi) is 7.01. The number of rotatable bonds is 6. The van der Waals surface area contributed by atoms with Gasteiger partial charge in [-0.2, -0.15) is 0 Å². The topological polar surface area (TPSA) is 78.8 Å². The van der Waals surface area contributed by atoms with Crippen LogP contribution in [0.1, 0.15) is 38.9 Å². The van der Waals surface area contributed by atoms with E-state index in [1.54, 1.807) is 20.8 Å². The second-order valence-corrected chi connectivity index (χ2v) is 13.2. The fourth-order valence-electron chi connectivity index (χ4n) is 2.20. The Labute approximate surface area is 146 Å². The van der Waals surface area contributed by atoms with Crippen molar-refractivity contribution in [2.75, 3.05) is 6.54 Å². The molecular weight excluding hydrogens is 322 g/mol. The van der Waals surface area contributed by atoms with E-state index in [0.717, 1.165) is 0 Å². The molecule has 0 aliphatic heterocycles. The van der Waals surface area contributed by atoms with Crippen LogP contribution in [0.25, 0.3) is 0 Å². The van der Waals surface area contributed by atoms with E-state index >= 15 is 0 Å². The number of nitrogens with one attached hydrogen (secondary N) is 1. The third-order valence-electron chi connectivity index (χ3n) is 3.59. The normalized spacial score (nSPS) is 14.8. The number of benzene rings is 1. The maximum atomic E-state index is 11.5. The Morgan fingerprint density at radius 2 is 1.71 bits per heavy atom. The predicted molar refractivity (Wildman–Crippen MR) is 99.2 cm³/mol. The minimum Gasteiger partial charge on any atom is -0.444 e. The molecule has 0 saturated heterocycles. The molecule has 0 fully saturated rings. The molecule has 136 valence electrons. The summed E-state index contributed by atoms with van der Waals surface area (Å²) in [5.41, 5.74) is 0.127. The van der Waals surface area contributed by atoms with Gasteiger partial charge in [-0.1, -0.05) is 49.1 Å². The van der Waals surface area contributed by atoms with Crippen molar-refractivity contribution in [2.24, 2.45) is 0 Å². The van der Waals surface area contributed by atoms with Crippen molar-refractivity contribution in [1.29, 1.82) is 0 Å². The van der Waals surface area contributed by atoms with Crippen LogP contribution in [0.15, 0.2) is 24.3 Å². The van der Waals surface area contributed by atoms with E-state index in [4.69, 9.17) is 4.74 Å². The summed E-state index contributed by atoms with van der Waals surface area (Å²) in [6.45, 7) is 12.4. The van der Waals surface area contributed by atoms with E-state index in [2.05, 4.69) is 25.0 Å². The summed E-state index contributed by atoms with van der Waals surface area (Å²) in [5.74, 6) is 0. The van der Waals surface area contributed by atoms with Crippen molar-refractivity contribution in [3.8, 4) is 0 Å². The molecule has 0 radical (unpaired) electrons. The standard InChI is InChI=1S/C18H31NO4Si/c1-18(2,3)23-17(22)19-12-11-15(20)16(21)13-7-9-14(10-8-13)24(4,5)6/h7-10,15-16,20-21H,11-12H2,1-6H3,(H,19,22). The molecule has 0 saturated carbocycles. The SMILES string of the molecule is CC(C)(C)OC(=O)NCCC(O)C(O)c1ccc([Si](C)(C)C)cc1. The summed E-state index contributed by atoms with van der Waals surface area (Å²) in [5, 5.41) is 24.2. The van der Waals surface area contributed by atoms with Crippen LogP contribution in [0.2, 0.25) is 19.6 Å². The minimum atomic E-state index is -1.38. The summed E-state index contributed by atoms with van der Waals surface area (Å²) in [4.78, 5) is 11.5. The Morgan fingerprint density at radius 3 is 2.17 bits per heavy atom. The first-order valence-electron chi connectivity index (χ1n) is 8.33. The highest BCUT2D eigenvalue weighted by atomic mass is 28.3. The fraction of sp³-hybridized carbons (Fsp3) is 0.611. The molecule has 1 aromatic carbocycles. The number of carbonyl (C=O) groups excluding carboxylic acids is 1. The molecule has 6 heteroatoms. The van der Waals surface area contributed by atoms with Gasteiger partial charge < -0.3 is 20.3 Å². The molecule has 0 heterocycles. The summed E-state index contributed by atoms with van der Waals surface area (Å²) in [6.07, 6.45) is -2.20. The number of amides is 1. The van der Waals surface area contributed by atoms with Crippen molar-refractivity contribution in [1.82, 2.24) is 5.32 Å². The van der Waals surface area contributed by atoms with Crippen LogP contribution in [-0.4, -0.2) is 42.6 Å². The largest absolute Gasteiger partial charge is 0.444 e. The van der Waals surface area contributed by atoms with Crippen LogP contribution in [-0.2, 0) is 4.74 Å². The number of carbonyl (C=O) groups is 1. The molecule has 2 unspecified atom stereocenters. The van der Waals surface area contributed by atoms with Gasteiger partial charge in [-0.15, -0.1) is 0 Å². The maximum absolute atomic E-state index is 11.5. The van der Waals surface area contributed by atoms with Gasteiger partial charge >= 0.3 is 6.09 Å². The second-order valence-electron chi connectivity index (χ2n) is 8.10. The monoisotopic (exact) mass is 353 g/mol. The third-order valence-corrected chi connectivity index (χ3v) is 5.66. The van der Waals surface area contributed by atoms with Crippen molar-refractivity contribution >= 4 is 19.4 Å². The van der Waals surface area contributed by atoms with E-state index in [1.807, 2.05) is 24.3 Å². The van der Waals surface area contributed by atoms with E-state index in [1.165, 1.54) is 5.19 Å². The minimum absolute atomic E-state index is 0.236. The molecule has 1 aromatic rings. The number of hydrogen-bond donors (Lipinski definition) is 3. The first-order valence-corrected chi connectivity index (χ1v) is 11.8. The van der Waals surface area contributed by atoms with Gasteiger partial charge in [-0.3, -0.25) is 0 Å². The van der Waals surface area contributed by atoms with Gasteiger partial charge in [0.2, 0.25) is 0 Å². The molecule has 0 aliphatic carbocycles. The average molecular weight is 354 g/mol. The number of hydrogen-bond acceptors (Lipinski definition) is 4. The lowest BCUT2D eigenvalue weighted by Gasteiger charge is -2.22. The van der Waals surface area contributed by atoms with E-state index in [9.17, 15) is 15.0 Å². The van der Waals surface area contributed by atoms with Crippen LogP contribution in [0, 0.1) is 0 Å². The van der Waals surface area contributed by atoms with Gasteiger partial charge in [-0.25, -0.2) is 4.79 Å². The lowest BCUT2D eigenvalue weighted by atomic mass is 10.0. The lowest BCUT2D eigenvalue weighted by Crippen LogP contribution is -2.37. The van der Waals surface area contributed by atoms with E-state index in [0.29, 0.717) is 5.56 Å². The Morgan fingerprint density at radius 1 is 1.17 bits per heavy atom. The summed E-state index contributed by atoms with van der Waals surface area (Å²) in [7, 11) is -1.38. The molecule has 5 nitrogen and oxygen atoms in total. The van der Waals surface area contributed by atoms with Gasteiger partial charge in [0.25, 0.3) is 0 Å². The lowest BCUT2D eigenvalue weighted by molar-refractivity contribution is 0.0123. The molecule has 1 rings (SSSR count). The van der Waals surface area contributed by atoms with E-state index in [-0.39, 0.29) is 13.0 Å². The zero-order valence-electron chi connectivity index (χ0n) is 15.6. The predicted octanol–water partition coefficient (Wildman–Crippen LogP) is 2.54. The smallest absolute Gasteiger partial charge is 0.407 e. The molecule has 1 amide bonds. The van der Waals surface area contributed by atoms with Crippen molar-refractivity contribution in [3.05, 3.63) is 29.8 Å². The molecule has 0 aliphatic rings. The first-order chi connectivity index (χ1) is 10.9. The maximum Gasteiger partial charge on any atom is 0.407 e. The van der Waals surface area contributed by atoms with Crippen molar-refractivity contribution in [2.45, 2.75) is 64.6 Å². The zero-order valence-corrected chi connectivity index (χ0v) is 16.6. The average Bonchev–Trinajstić information content (AvgIpc) is 2.43. The highest BCUT2D eigenvalue weighted by molar-refractivity contribution is 6.88. The van der Waals surface area contributed by atoms with Crippen LogP contribution in [0.4, 0.5) is 4.79 Å². The fourth-order valence-corrected chi connectivity index (χ4v) is 3.36. The molecule has 3 N–H and O–H groups in total. The van der Waals surface area contributed by atoms with Crippen LogP contribution < -0.4 is 10.5 Å². The zero-order chi connectivity index (χ0) is 18.5. The molecule has 24 heavy (non-hydrogen) atoms. The van der Waals surface area contributed by atoms with Crippen LogP contribution >= 0.6 is 0 Å². The summed E-state index contributed by atoms with van der Waals surface area (Å²) < 4.78 is 5.12. The Bertz CT molecular complexity index is 531. The highest BCUT2D eigenvalue weighted by Crippen LogP contribution is 2.18. The molecule has 2 atom stereocenters. The van der Waals surface area contributed by atoms with Crippen molar-refractivity contribution < 1.29 is 19.7 Å². The second kappa shape index (κ2) is 8.14. The van der Waals surface area contributed by atoms with Gasteiger partial charge in [0.05, 0.1) is 14.2 Å². The quantitative estimate of drug-likeness (QED) is 0.687. The molecular formula is C18H31NO4Si. The third kappa shape index (κ3) is 7.03.